The van der Waals surface area contributed by atoms with Crippen molar-refractivity contribution in [3.63, 3.8) is 0 Å². The van der Waals surface area contributed by atoms with Crippen LogP contribution >= 0.6 is 0 Å². The van der Waals surface area contributed by atoms with Crippen molar-refractivity contribution >= 4 is 0 Å². The van der Waals surface area contributed by atoms with Gasteiger partial charge in [-0.2, -0.15) is 0 Å². The van der Waals surface area contributed by atoms with E-state index in [9.17, 15) is 0 Å². The third-order valence-electron chi connectivity index (χ3n) is 4.50. The molecule has 0 fully saturated rings. The predicted octanol–water partition coefficient (Wildman–Crippen LogP) is 6.45. The van der Waals surface area contributed by atoms with Crippen molar-refractivity contribution in [1.82, 2.24) is 0 Å². The van der Waals surface area contributed by atoms with Crippen molar-refractivity contribution in [2.75, 3.05) is 6.54 Å². The molecule has 0 amide bonds. The molecule has 0 saturated carbocycles. The molecule has 0 heterocycles. The highest BCUT2D eigenvalue weighted by Gasteiger charge is 2.08. The standard InChI is InChI=1S/C19H41N/c1-3-5-7-9-11-15-19(17-13-14-18-20)16-12-10-8-6-4-2/h19H,3-18,20H2,1-2H3. The van der Waals surface area contributed by atoms with Gasteiger partial charge in [0.1, 0.15) is 0 Å². The van der Waals surface area contributed by atoms with Crippen LogP contribution < -0.4 is 5.73 Å². The molecule has 2 N–H and O–H groups in total. The summed E-state index contributed by atoms with van der Waals surface area (Å²) in [5.41, 5.74) is 5.62. The lowest BCUT2D eigenvalue weighted by molar-refractivity contribution is 0.370. The zero-order chi connectivity index (χ0) is 14.9. The van der Waals surface area contributed by atoms with Gasteiger partial charge in [-0.05, 0) is 18.9 Å². The zero-order valence-corrected chi connectivity index (χ0v) is 14.5. The van der Waals surface area contributed by atoms with Crippen LogP contribution in [0.2, 0.25) is 0 Å². The number of nitrogens with two attached hydrogens (primary N) is 1. The Kier molecular flexibility index (Phi) is 17.0. The van der Waals surface area contributed by atoms with E-state index in [2.05, 4.69) is 13.8 Å². The highest BCUT2D eigenvalue weighted by atomic mass is 14.5. The van der Waals surface area contributed by atoms with Crippen LogP contribution in [-0.4, -0.2) is 6.54 Å². The first-order valence-corrected chi connectivity index (χ1v) is 9.55. The van der Waals surface area contributed by atoms with Crippen LogP contribution in [-0.2, 0) is 0 Å². The van der Waals surface area contributed by atoms with Gasteiger partial charge >= 0.3 is 0 Å². The molecule has 0 rings (SSSR count). The third-order valence-corrected chi connectivity index (χ3v) is 4.50. The number of unbranched alkanes of at least 4 members (excludes halogenated alkanes) is 9. The van der Waals surface area contributed by atoms with E-state index in [1.807, 2.05) is 0 Å². The molecule has 1 heteroatoms. The van der Waals surface area contributed by atoms with Crippen molar-refractivity contribution in [1.29, 1.82) is 0 Å². The van der Waals surface area contributed by atoms with Crippen LogP contribution in [0.15, 0.2) is 0 Å². The smallest absolute Gasteiger partial charge is 0.00773 e. The topological polar surface area (TPSA) is 26.0 Å². The fourth-order valence-electron chi connectivity index (χ4n) is 3.08. The van der Waals surface area contributed by atoms with E-state index in [0.717, 1.165) is 12.5 Å². The Morgan fingerprint density at radius 3 is 1.35 bits per heavy atom. The molecule has 0 spiro atoms. The molecule has 0 radical (unpaired) electrons. The average Bonchev–Trinajstić information content (AvgIpc) is 2.46. The summed E-state index contributed by atoms with van der Waals surface area (Å²) < 4.78 is 0. The zero-order valence-electron chi connectivity index (χ0n) is 14.5. The highest BCUT2D eigenvalue weighted by molar-refractivity contribution is 4.62. The molecule has 0 aromatic rings. The van der Waals surface area contributed by atoms with Gasteiger partial charge in [0.05, 0.1) is 0 Å². The lowest BCUT2D eigenvalue weighted by Crippen LogP contribution is -2.04. The maximum Gasteiger partial charge on any atom is -0.00773 e. The minimum atomic E-state index is 0.875. The number of rotatable bonds is 16. The monoisotopic (exact) mass is 283 g/mol. The second-order valence-corrected chi connectivity index (χ2v) is 6.56. The van der Waals surface area contributed by atoms with Gasteiger partial charge in [0.15, 0.2) is 0 Å². The summed E-state index contributed by atoms with van der Waals surface area (Å²) in [4.78, 5) is 0. The lowest BCUT2D eigenvalue weighted by atomic mass is 9.90. The summed E-state index contributed by atoms with van der Waals surface area (Å²) in [5, 5.41) is 0. The molecule has 0 atom stereocenters. The van der Waals surface area contributed by atoms with Crippen molar-refractivity contribution in [3.05, 3.63) is 0 Å². The Balaban J connectivity index is 3.64. The van der Waals surface area contributed by atoms with Gasteiger partial charge in [-0.25, -0.2) is 0 Å². The van der Waals surface area contributed by atoms with E-state index in [-0.39, 0.29) is 0 Å². The van der Waals surface area contributed by atoms with Gasteiger partial charge < -0.3 is 5.73 Å². The second-order valence-electron chi connectivity index (χ2n) is 6.56. The van der Waals surface area contributed by atoms with Gasteiger partial charge in [-0.3, -0.25) is 0 Å². The second kappa shape index (κ2) is 17.0. The third kappa shape index (κ3) is 14.4. The molecule has 1 nitrogen and oxygen atoms in total. The van der Waals surface area contributed by atoms with Crippen LogP contribution in [0.1, 0.15) is 110 Å². The Morgan fingerprint density at radius 2 is 0.950 bits per heavy atom. The number of hydrogen-bond acceptors (Lipinski definition) is 1. The summed E-state index contributed by atoms with van der Waals surface area (Å²) in [6, 6.07) is 0. The Morgan fingerprint density at radius 1 is 0.550 bits per heavy atom. The molecular formula is C19H41N. The molecule has 0 aliphatic carbocycles. The molecule has 0 unspecified atom stereocenters. The van der Waals surface area contributed by atoms with Crippen LogP contribution in [0.25, 0.3) is 0 Å². The predicted molar refractivity (Wildman–Crippen MR) is 93.1 cm³/mol. The van der Waals surface area contributed by atoms with Crippen LogP contribution in [0.4, 0.5) is 0 Å². The lowest BCUT2D eigenvalue weighted by Gasteiger charge is -2.16. The minimum Gasteiger partial charge on any atom is -0.330 e. The Bertz CT molecular complexity index is 153. The van der Waals surface area contributed by atoms with Crippen molar-refractivity contribution in [2.24, 2.45) is 11.7 Å². The Hall–Kier alpha value is -0.0400. The van der Waals surface area contributed by atoms with Crippen molar-refractivity contribution < 1.29 is 0 Å². The summed E-state index contributed by atoms with van der Waals surface area (Å²) in [5.74, 6) is 0.991. The maximum absolute atomic E-state index is 5.62. The van der Waals surface area contributed by atoms with Crippen molar-refractivity contribution in [3.8, 4) is 0 Å². The molecule has 0 saturated heterocycles. The summed E-state index contributed by atoms with van der Waals surface area (Å²) in [6.45, 7) is 5.47. The molecule has 0 aliphatic heterocycles. The first kappa shape index (κ1) is 20.0. The largest absolute Gasteiger partial charge is 0.330 e. The highest BCUT2D eigenvalue weighted by Crippen LogP contribution is 2.23. The van der Waals surface area contributed by atoms with Crippen LogP contribution in [0.5, 0.6) is 0 Å². The van der Waals surface area contributed by atoms with E-state index in [4.69, 9.17) is 5.73 Å². The molecule has 0 bridgehead atoms. The molecule has 20 heavy (non-hydrogen) atoms. The average molecular weight is 284 g/mol. The first-order valence-electron chi connectivity index (χ1n) is 9.55. The normalized spacial score (nSPS) is 11.4. The van der Waals surface area contributed by atoms with E-state index in [1.54, 1.807) is 0 Å². The van der Waals surface area contributed by atoms with E-state index >= 15 is 0 Å². The van der Waals surface area contributed by atoms with Crippen LogP contribution in [0, 0.1) is 5.92 Å². The van der Waals surface area contributed by atoms with Gasteiger partial charge in [-0.15, -0.1) is 0 Å². The van der Waals surface area contributed by atoms with Gasteiger partial charge in [0.25, 0.3) is 0 Å². The van der Waals surface area contributed by atoms with E-state index < -0.39 is 0 Å². The van der Waals surface area contributed by atoms with Gasteiger partial charge in [0.2, 0.25) is 0 Å². The summed E-state index contributed by atoms with van der Waals surface area (Å²) >= 11 is 0. The van der Waals surface area contributed by atoms with Gasteiger partial charge in [0, 0.05) is 0 Å². The fourth-order valence-corrected chi connectivity index (χ4v) is 3.08. The minimum absolute atomic E-state index is 0.875. The quantitative estimate of drug-likeness (QED) is 0.323. The van der Waals surface area contributed by atoms with E-state index in [1.165, 1.54) is 96.3 Å². The maximum atomic E-state index is 5.62. The summed E-state index contributed by atoms with van der Waals surface area (Å²) in [7, 11) is 0. The number of hydrogen-bond donors (Lipinski definition) is 1. The van der Waals surface area contributed by atoms with Crippen LogP contribution in [0.3, 0.4) is 0 Å². The van der Waals surface area contributed by atoms with E-state index in [0.29, 0.717) is 0 Å². The summed E-state index contributed by atoms with van der Waals surface area (Å²) in [6.07, 6.45) is 21.2. The molecular weight excluding hydrogens is 242 g/mol. The molecule has 0 aliphatic rings. The first-order chi connectivity index (χ1) is 9.85. The van der Waals surface area contributed by atoms with Gasteiger partial charge in [-0.1, -0.05) is 104 Å². The SMILES string of the molecule is CCCCCCCC(CCCCN)CCCCCCC. The van der Waals surface area contributed by atoms with Crippen molar-refractivity contribution in [2.45, 2.75) is 110 Å². The Labute approximate surface area is 129 Å². The molecule has 122 valence electrons. The molecule has 0 aromatic heterocycles. The molecule has 0 aromatic carbocycles. The fraction of sp³-hybridized carbons (Fsp3) is 1.00.